The first-order valence-corrected chi connectivity index (χ1v) is 26.0. The number of carbonyl (C=O) groups is 3. The Hall–Kier alpha value is -3.93. The maximum absolute atomic E-state index is 12.8. The van der Waals surface area contributed by atoms with E-state index in [-0.39, 0.29) is 37.5 Å². The number of ether oxygens (including phenoxy) is 3. The molecule has 0 aliphatic heterocycles. The van der Waals surface area contributed by atoms with Gasteiger partial charge in [0, 0.05) is 19.3 Å². The van der Waals surface area contributed by atoms with Gasteiger partial charge in [-0.15, -0.1) is 0 Å². The number of allylic oxidation sites excluding steroid dienone is 18. The molecule has 0 radical (unpaired) electrons. The van der Waals surface area contributed by atoms with Gasteiger partial charge in [0.1, 0.15) is 13.2 Å². The molecule has 0 amide bonds. The van der Waals surface area contributed by atoms with Crippen molar-refractivity contribution < 1.29 is 28.6 Å². The van der Waals surface area contributed by atoms with Crippen molar-refractivity contribution in [2.24, 2.45) is 0 Å². The summed E-state index contributed by atoms with van der Waals surface area (Å²) in [5, 5.41) is 0. The lowest BCUT2D eigenvalue weighted by molar-refractivity contribution is -0.167. The third kappa shape index (κ3) is 49.1. The van der Waals surface area contributed by atoms with Crippen LogP contribution in [0.4, 0.5) is 0 Å². The molecule has 0 fully saturated rings. The van der Waals surface area contributed by atoms with Crippen molar-refractivity contribution in [2.75, 3.05) is 13.2 Å². The van der Waals surface area contributed by atoms with Crippen LogP contribution in [0.5, 0.6) is 0 Å². The third-order valence-electron chi connectivity index (χ3n) is 10.6. The lowest BCUT2D eigenvalue weighted by Gasteiger charge is -2.18. The molecule has 64 heavy (non-hydrogen) atoms. The maximum Gasteiger partial charge on any atom is 0.306 e. The van der Waals surface area contributed by atoms with Crippen LogP contribution in [0.15, 0.2) is 109 Å². The highest BCUT2D eigenvalue weighted by Crippen LogP contribution is 2.12. The molecule has 362 valence electrons. The number of hydrogen-bond acceptors (Lipinski definition) is 6. The van der Waals surface area contributed by atoms with E-state index in [9.17, 15) is 14.4 Å². The zero-order chi connectivity index (χ0) is 46.5. The molecular weight excluding hydrogens is 793 g/mol. The second-order valence-corrected chi connectivity index (χ2v) is 16.8. The molecule has 1 unspecified atom stereocenters. The number of esters is 3. The summed E-state index contributed by atoms with van der Waals surface area (Å²) >= 11 is 0. The molecule has 0 aromatic carbocycles. The van der Waals surface area contributed by atoms with E-state index in [0.29, 0.717) is 19.3 Å². The smallest absolute Gasteiger partial charge is 0.306 e. The van der Waals surface area contributed by atoms with E-state index in [0.717, 1.165) is 96.3 Å². The van der Waals surface area contributed by atoms with Crippen molar-refractivity contribution in [3.05, 3.63) is 109 Å². The molecule has 0 saturated carbocycles. The predicted octanol–water partition coefficient (Wildman–Crippen LogP) is 17.1. The highest BCUT2D eigenvalue weighted by Gasteiger charge is 2.19. The van der Waals surface area contributed by atoms with Gasteiger partial charge < -0.3 is 14.2 Å². The zero-order valence-electron chi connectivity index (χ0n) is 41.3. The van der Waals surface area contributed by atoms with Gasteiger partial charge in [-0.3, -0.25) is 14.4 Å². The highest BCUT2D eigenvalue weighted by molar-refractivity contribution is 5.71. The molecule has 0 rings (SSSR count). The van der Waals surface area contributed by atoms with Gasteiger partial charge in [-0.1, -0.05) is 220 Å². The highest BCUT2D eigenvalue weighted by atomic mass is 16.6. The minimum absolute atomic E-state index is 0.113. The Bertz CT molecular complexity index is 1340. The van der Waals surface area contributed by atoms with Crippen LogP contribution < -0.4 is 0 Å². The van der Waals surface area contributed by atoms with Crippen molar-refractivity contribution in [3.63, 3.8) is 0 Å². The molecule has 1 atom stereocenters. The van der Waals surface area contributed by atoms with Crippen LogP contribution >= 0.6 is 0 Å². The van der Waals surface area contributed by atoms with Gasteiger partial charge in [0.25, 0.3) is 0 Å². The molecule has 0 bridgehead atoms. The lowest BCUT2D eigenvalue weighted by Crippen LogP contribution is -2.30. The van der Waals surface area contributed by atoms with E-state index >= 15 is 0 Å². The van der Waals surface area contributed by atoms with Crippen molar-refractivity contribution in [2.45, 2.75) is 226 Å². The Morgan fingerprint density at radius 2 is 0.688 bits per heavy atom. The molecule has 0 aliphatic rings. The Labute approximate surface area is 393 Å². The van der Waals surface area contributed by atoms with Gasteiger partial charge in [0.15, 0.2) is 6.10 Å². The number of hydrogen-bond donors (Lipinski definition) is 0. The summed E-state index contributed by atoms with van der Waals surface area (Å²) in [6.07, 6.45) is 69.3. The minimum Gasteiger partial charge on any atom is -0.462 e. The van der Waals surface area contributed by atoms with Gasteiger partial charge in [-0.05, 0) is 89.9 Å². The van der Waals surface area contributed by atoms with E-state index in [1.54, 1.807) is 0 Å². The van der Waals surface area contributed by atoms with Crippen LogP contribution in [0, 0.1) is 0 Å². The van der Waals surface area contributed by atoms with Crippen molar-refractivity contribution >= 4 is 17.9 Å². The van der Waals surface area contributed by atoms with E-state index in [4.69, 9.17) is 14.2 Å². The summed E-state index contributed by atoms with van der Waals surface area (Å²) in [7, 11) is 0. The summed E-state index contributed by atoms with van der Waals surface area (Å²) < 4.78 is 16.7. The summed E-state index contributed by atoms with van der Waals surface area (Å²) in [5.41, 5.74) is 0. The quantitative estimate of drug-likeness (QED) is 0.0199. The fourth-order valence-corrected chi connectivity index (χ4v) is 6.64. The van der Waals surface area contributed by atoms with Gasteiger partial charge in [-0.2, -0.15) is 0 Å². The van der Waals surface area contributed by atoms with E-state index in [1.807, 2.05) is 36.5 Å². The molecule has 0 N–H and O–H groups in total. The fourth-order valence-electron chi connectivity index (χ4n) is 6.64. The third-order valence-corrected chi connectivity index (χ3v) is 10.6. The summed E-state index contributed by atoms with van der Waals surface area (Å²) in [6, 6.07) is 0. The van der Waals surface area contributed by atoms with E-state index in [1.165, 1.54) is 77.0 Å². The fraction of sp³-hybridized carbons (Fsp3) is 0.638. The number of rotatable bonds is 45. The largest absolute Gasteiger partial charge is 0.462 e. The molecule has 6 nitrogen and oxygen atoms in total. The standard InChI is InChI=1S/C58H94O6/c1-4-7-10-13-16-19-22-24-26-28-30-31-33-36-39-42-45-48-51-57(60)63-54-55(53-62-56(59)50-47-44-41-38-35-21-18-15-12-9-6-3)64-58(61)52-49-46-43-40-37-34-32-29-27-25-23-20-17-14-11-8-5-2/h10,13,15-16,18-19,22,24-28,30-32,34,40,43,55H,4-9,11-12,14,17,20-21,23,29,33,35-39,41-42,44-54H2,1-3H3/b13-10-,18-15-,19-16-,24-22-,27-25-,28-26-,31-30-,34-32-,43-40-. The molecule has 0 aromatic rings. The SMILES string of the molecule is CCC\C=C/C=C\C=C/C=C\C=C/CCCCCCCC(=O)OCC(COC(=O)CCCCCCC/C=C\CCCC)OC(=O)CCC/C=C\C/C=C\C/C=C\CCCCCCCC. The summed E-state index contributed by atoms with van der Waals surface area (Å²) in [6.45, 7) is 6.42. The summed E-state index contributed by atoms with van der Waals surface area (Å²) in [4.78, 5) is 37.9. The first-order chi connectivity index (χ1) is 31.5. The number of carbonyl (C=O) groups excluding carboxylic acids is 3. The van der Waals surface area contributed by atoms with Crippen LogP contribution in [0.25, 0.3) is 0 Å². The summed E-state index contributed by atoms with van der Waals surface area (Å²) in [5.74, 6) is -1.01. The Kier molecular flexibility index (Phi) is 48.5. The van der Waals surface area contributed by atoms with Gasteiger partial charge >= 0.3 is 17.9 Å². The topological polar surface area (TPSA) is 78.9 Å². The normalized spacial score (nSPS) is 13.0. The zero-order valence-corrected chi connectivity index (χ0v) is 41.3. The molecule has 6 heteroatoms. The van der Waals surface area contributed by atoms with Crippen molar-refractivity contribution in [1.29, 1.82) is 0 Å². The van der Waals surface area contributed by atoms with Gasteiger partial charge in [0.05, 0.1) is 0 Å². The second-order valence-electron chi connectivity index (χ2n) is 16.8. The Morgan fingerprint density at radius 1 is 0.328 bits per heavy atom. The molecular formula is C58H94O6. The second kappa shape index (κ2) is 51.7. The average Bonchev–Trinajstić information content (AvgIpc) is 3.29. The molecule has 0 heterocycles. The Balaban J connectivity index is 4.53. The van der Waals surface area contributed by atoms with Gasteiger partial charge in [0.2, 0.25) is 0 Å². The first kappa shape index (κ1) is 60.1. The molecule has 0 spiro atoms. The molecule has 0 aromatic heterocycles. The van der Waals surface area contributed by atoms with Crippen molar-refractivity contribution in [3.8, 4) is 0 Å². The van der Waals surface area contributed by atoms with Crippen LogP contribution in [-0.2, 0) is 28.6 Å². The molecule has 0 aliphatic carbocycles. The van der Waals surface area contributed by atoms with Crippen LogP contribution in [0.1, 0.15) is 220 Å². The molecule has 0 saturated heterocycles. The van der Waals surface area contributed by atoms with Crippen LogP contribution in [0.2, 0.25) is 0 Å². The Morgan fingerprint density at radius 3 is 1.19 bits per heavy atom. The van der Waals surface area contributed by atoms with Gasteiger partial charge in [-0.25, -0.2) is 0 Å². The van der Waals surface area contributed by atoms with Crippen LogP contribution in [0.3, 0.4) is 0 Å². The van der Waals surface area contributed by atoms with E-state index < -0.39 is 6.10 Å². The first-order valence-electron chi connectivity index (χ1n) is 26.0. The monoisotopic (exact) mass is 887 g/mol. The lowest BCUT2D eigenvalue weighted by atomic mass is 10.1. The average molecular weight is 887 g/mol. The predicted molar refractivity (Wildman–Crippen MR) is 274 cm³/mol. The maximum atomic E-state index is 12.8. The van der Waals surface area contributed by atoms with E-state index in [2.05, 4.69) is 93.7 Å². The van der Waals surface area contributed by atoms with Crippen LogP contribution in [-0.4, -0.2) is 37.2 Å². The minimum atomic E-state index is -0.820. The number of unbranched alkanes of at least 4 members (excludes halogenated alkanes) is 20. The van der Waals surface area contributed by atoms with Crippen molar-refractivity contribution in [1.82, 2.24) is 0 Å².